The molecular weight excluding hydrogens is 433 g/mol. The maximum absolute atomic E-state index is 12.9. The molecule has 0 saturated heterocycles. The van der Waals surface area contributed by atoms with Gasteiger partial charge >= 0.3 is 0 Å². The Morgan fingerprint density at radius 3 is 2.45 bits per heavy atom. The van der Waals surface area contributed by atoms with E-state index >= 15 is 0 Å². The van der Waals surface area contributed by atoms with E-state index in [1.807, 2.05) is 37.2 Å². The van der Waals surface area contributed by atoms with Gasteiger partial charge in [-0.15, -0.1) is 12.4 Å². The van der Waals surface area contributed by atoms with Gasteiger partial charge in [-0.3, -0.25) is 9.69 Å². The summed E-state index contributed by atoms with van der Waals surface area (Å²) in [6.45, 7) is 1.16. The van der Waals surface area contributed by atoms with Crippen LogP contribution in [-0.4, -0.2) is 56.7 Å². The van der Waals surface area contributed by atoms with E-state index in [1.165, 1.54) is 11.3 Å². The van der Waals surface area contributed by atoms with Crippen LogP contribution in [0.1, 0.15) is 0 Å². The maximum Gasteiger partial charge on any atom is 0.266 e. The SMILES string of the molecule is COc1ccc2sc(N(CCN(C)C)C(=O)COc3ccc(Cl)cc3)nc2c1.Cl. The Hall–Kier alpha value is -2.06. The molecule has 3 rings (SSSR count). The summed E-state index contributed by atoms with van der Waals surface area (Å²) in [5, 5.41) is 1.27. The Bertz CT molecular complexity index is 948. The van der Waals surface area contributed by atoms with Gasteiger partial charge in [0.2, 0.25) is 0 Å². The number of methoxy groups -OCH3 is 1. The van der Waals surface area contributed by atoms with E-state index in [-0.39, 0.29) is 24.9 Å². The van der Waals surface area contributed by atoms with Crippen molar-refractivity contribution in [2.45, 2.75) is 0 Å². The van der Waals surface area contributed by atoms with Gasteiger partial charge in [0.05, 0.1) is 17.3 Å². The summed E-state index contributed by atoms with van der Waals surface area (Å²) in [5.41, 5.74) is 0.806. The number of thiazole rings is 1. The number of hydrogen-bond donors (Lipinski definition) is 0. The number of likely N-dealkylation sites (N-methyl/N-ethyl adjacent to an activating group) is 1. The first-order valence-corrected chi connectivity index (χ1v) is 9.94. The molecule has 0 saturated carbocycles. The molecule has 0 bridgehead atoms. The molecule has 0 atom stereocenters. The van der Waals surface area contributed by atoms with E-state index in [0.29, 0.717) is 29.0 Å². The molecule has 0 N–H and O–H groups in total. The van der Waals surface area contributed by atoms with Gasteiger partial charge < -0.3 is 14.4 Å². The number of carbonyl (C=O) groups excluding carboxylic acids is 1. The van der Waals surface area contributed by atoms with E-state index in [0.717, 1.165) is 16.0 Å². The zero-order valence-corrected chi connectivity index (χ0v) is 18.8. The molecule has 0 aliphatic carbocycles. The van der Waals surface area contributed by atoms with Crippen LogP contribution in [0, 0.1) is 0 Å². The Labute approximate surface area is 185 Å². The monoisotopic (exact) mass is 455 g/mol. The highest BCUT2D eigenvalue weighted by atomic mass is 35.5. The van der Waals surface area contributed by atoms with Crippen molar-refractivity contribution in [3.63, 3.8) is 0 Å². The van der Waals surface area contributed by atoms with Gasteiger partial charge in [-0.05, 0) is 50.5 Å². The van der Waals surface area contributed by atoms with Crippen molar-refractivity contribution >= 4 is 56.6 Å². The van der Waals surface area contributed by atoms with Crippen LogP contribution in [0.5, 0.6) is 11.5 Å². The number of benzene rings is 2. The van der Waals surface area contributed by atoms with E-state index in [9.17, 15) is 4.79 Å². The molecule has 9 heteroatoms. The predicted octanol–water partition coefficient (Wildman–Crippen LogP) is 4.35. The van der Waals surface area contributed by atoms with Gasteiger partial charge in [0, 0.05) is 24.2 Å². The highest BCUT2D eigenvalue weighted by Crippen LogP contribution is 2.31. The summed E-state index contributed by atoms with van der Waals surface area (Å²) in [7, 11) is 5.56. The number of nitrogens with zero attached hydrogens (tertiary/aromatic N) is 3. The third kappa shape index (κ3) is 6.21. The lowest BCUT2D eigenvalue weighted by Crippen LogP contribution is -2.39. The molecule has 0 aliphatic rings. The summed E-state index contributed by atoms with van der Waals surface area (Å²) < 4.78 is 11.9. The van der Waals surface area contributed by atoms with Crippen LogP contribution in [0.4, 0.5) is 5.13 Å². The minimum Gasteiger partial charge on any atom is -0.497 e. The normalized spacial score (nSPS) is 10.7. The number of hydrogen-bond acceptors (Lipinski definition) is 6. The van der Waals surface area contributed by atoms with Crippen molar-refractivity contribution in [2.75, 3.05) is 45.8 Å². The van der Waals surface area contributed by atoms with Gasteiger partial charge in [0.15, 0.2) is 11.7 Å². The number of anilines is 1. The summed E-state index contributed by atoms with van der Waals surface area (Å²) in [6, 6.07) is 12.6. The van der Waals surface area contributed by atoms with Crippen molar-refractivity contribution in [1.29, 1.82) is 0 Å². The quantitative estimate of drug-likeness (QED) is 0.505. The van der Waals surface area contributed by atoms with Crippen molar-refractivity contribution in [1.82, 2.24) is 9.88 Å². The van der Waals surface area contributed by atoms with Crippen molar-refractivity contribution in [3.05, 3.63) is 47.5 Å². The van der Waals surface area contributed by atoms with E-state index in [4.69, 9.17) is 21.1 Å². The molecule has 0 fully saturated rings. The average Bonchev–Trinajstić information content (AvgIpc) is 3.10. The fourth-order valence-corrected chi connectivity index (χ4v) is 3.63. The lowest BCUT2D eigenvalue weighted by Gasteiger charge is -2.22. The zero-order valence-electron chi connectivity index (χ0n) is 16.4. The minimum atomic E-state index is -0.150. The van der Waals surface area contributed by atoms with Crippen LogP contribution in [0.3, 0.4) is 0 Å². The molecule has 1 aromatic heterocycles. The van der Waals surface area contributed by atoms with Crippen molar-refractivity contribution < 1.29 is 14.3 Å². The number of ether oxygens (including phenoxy) is 2. The average molecular weight is 456 g/mol. The molecule has 1 amide bonds. The van der Waals surface area contributed by atoms with Gasteiger partial charge in [0.1, 0.15) is 11.5 Å². The minimum absolute atomic E-state index is 0. The number of halogens is 2. The van der Waals surface area contributed by atoms with E-state index in [2.05, 4.69) is 4.98 Å². The summed E-state index contributed by atoms with van der Waals surface area (Å²) in [4.78, 5) is 21.2. The molecule has 3 aromatic rings. The number of carbonyl (C=O) groups is 1. The van der Waals surface area contributed by atoms with Gasteiger partial charge in [-0.2, -0.15) is 0 Å². The van der Waals surface area contributed by atoms with Crippen LogP contribution >= 0.6 is 35.3 Å². The Kier molecular flexibility index (Phi) is 8.52. The zero-order chi connectivity index (χ0) is 20.1. The molecule has 0 unspecified atom stereocenters. The van der Waals surface area contributed by atoms with Gasteiger partial charge in [-0.25, -0.2) is 4.98 Å². The first kappa shape index (κ1) is 23.2. The smallest absolute Gasteiger partial charge is 0.266 e. The first-order chi connectivity index (χ1) is 13.5. The van der Waals surface area contributed by atoms with Crippen LogP contribution in [0.15, 0.2) is 42.5 Å². The molecular formula is C20H23Cl2N3O3S. The van der Waals surface area contributed by atoms with Crippen LogP contribution in [0.2, 0.25) is 5.02 Å². The molecule has 0 aliphatic heterocycles. The molecule has 6 nitrogen and oxygen atoms in total. The highest BCUT2D eigenvalue weighted by molar-refractivity contribution is 7.22. The molecule has 29 heavy (non-hydrogen) atoms. The number of fused-ring (bicyclic) bond motifs is 1. The third-order valence-electron chi connectivity index (χ3n) is 4.06. The fourth-order valence-electron chi connectivity index (χ4n) is 2.52. The van der Waals surface area contributed by atoms with Gasteiger partial charge in [0.25, 0.3) is 5.91 Å². The van der Waals surface area contributed by atoms with Crippen molar-refractivity contribution in [3.8, 4) is 11.5 Å². The summed E-state index contributed by atoms with van der Waals surface area (Å²) in [5.74, 6) is 1.18. The molecule has 1 heterocycles. The lowest BCUT2D eigenvalue weighted by molar-refractivity contribution is -0.120. The second-order valence-electron chi connectivity index (χ2n) is 6.42. The Balaban J connectivity index is 0.00000300. The van der Waals surface area contributed by atoms with Gasteiger partial charge in [-0.1, -0.05) is 22.9 Å². The van der Waals surface area contributed by atoms with Crippen LogP contribution < -0.4 is 14.4 Å². The molecule has 0 spiro atoms. The van der Waals surface area contributed by atoms with E-state index in [1.54, 1.807) is 36.3 Å². The molecule has 0 radical (unpaired) electrons. The highest BCUT2D eigenvalue weighted by Gasteiger charge is 2.20. The standard InChI is InChI=1S/C20H22ClN3O3S.ClH/c1-23(2)10-11-24(19(25)13-27-15-6-4-14(21)5-7-15)20-22-17-12-16(26-3)8-9-18(17)28-20;/h4-9,12H,10-11,13H2,1-3H3;1H. The topological polar surface area (TPSA) is 54.9 Å². The largest absolute Gasteiger partial charge is 0.497 e. The molecule has 156 valence electrons. The Morgan fingerprint density at radius 1 is 1.10 bits per heavy atom. The van der Waals surface area contributed by atoms with E-state index < -0.39 is 0 Å². The van der Waals surface area contributed by atoms with Crippen LogP contribution in [0.25, 0.3) is 10.2 Å². The number of amides is 1. The number of aromatic nitrogens is 1. The predicted molar refractivity (Wildman–Crippen MR) is 121 cm³/mol. The summed E-state index contributed by atoms with van der Waals surface area (Å²) in [6.07, 6.45) is 0. The third-order valence-corrected chi connectivity index (χ3v) is 5.37. The second-order valence-corrected chi connectivity index (χ2v) is 7.87. The number of rotatable bonds is 8. The Morgan fingerprint density at radius 2 is 1.79 bits per heavy atom. The molecule has 2 aromatic carbocycles. The van der Waals surface area contributed by atoms with Crippen LogP contribution in [-0.2, 0) is 4.79 Å². The lowest BCUT2D eigenvalue weighted by atomic mass is 10.3. The first-order valence-electron chi connectivity index (χ1n) is 8.74. The second kappa shape index (κ2) is 10.6. The fraction of sp³-hybridized carbons (Fsp3) is 0.300. The summed E-state index contributed by atoms with van der Waals surface area (Å²) >= 11 is 7.36. The van der Waals surface area contributed by atoms with Crippen molar-refractivity contribution in [2.24, 2.45) is 0 Å². The maximum atomic E-state index is 12.9.